The fourth-order valence-electron chi connectivity index (χ4n) is 1.57. The summed E-state index contributed by atoms with van der Waals surface area (Å²) in [6, 6.07) is 5.42. The maximum atomic E-state index is 5.68. The molecule has 2 N–H and O–H groups in total. The van der Waals surface area contributed by atoms with Gasteiger partial charge in [-0.1, -0.05) is 11.8 Å². The Kier molecular flexibility index (Phi) is 4.06. The zero-order valence-corrected chi connectivity index (χ0v) is 11.7. The highest BCUT2D eigenvalue weighted by Gasteiger charge is 2.12. The lowest BCUT2D eigenvalue weighted by molar-refractivity contribution is 0.395. The molecule has 1 aromatic heterocycles. The number of ether oxygens (including phenoxy) is 2. The van der Waals surface area contributed by atoms with Crippen molar-refractivity contribution in [2.75, 3.05) is 26.2 Å². The molecule has 1 aromatic carbocycles. The summed E-state index contributed by atoms with van der Waals surface area (Å²) >= 11 is 1.41. The highest BCUT2D eigenvalue weighted by molar-refractivity contribution is 7.98. The van der Waals surface area contributed by atoms with Crippen molar-refractivity contribution in [2.45, 2.75) is 5.16 Å². The van der Waals surface area contributed by atoms with Gasteiger partial charge in [-0.15, -0.1) is 0 Å². The van der Waals surface area contributed by atoms with E-state index in [1.165, 1.54) is 11.8 Å². The molecule has 1 heterocycles. The molecule has 0 atom stereocenters. The van der Waals surface area contributed by atoms with Crippen LogP contribution in [0.3, 0.4) is 0 Å². The Labute approximate surface area is 115 Å². The van der Waals surface area contributed by atoms with Crippen molar-refractivity contribution in [3.8, 4) is 22.9 Å². The summed E-state index contributed by atoms with van der Waals surface area (Å²) in [7, 11) is 3.18. The molecule has 7 heteroatoms. The summed E-state index contributed by atoms with van der Waals surface area (Å²) in [5, 5.41) is 0.570. The van der Waals surface area contributed by atoms with E-state index in [2.05, 4.69) is 15.0 Å². The van der Waals surface area contributed by atoms with Crippen LogP contribution in [-0.4, -0.2) is 35.4 Å². The Hall–Kier alpha value is -2.02. The van der Waals surface area contributed by atoms with Crippen molar-refractivity contribution < 1.29 is 9.47 Å². The first-order chi connectivity index (χ1) is 9.17. The van der Waals surface area contributed by atoms with Gasteiger partial charge in [-0.2, -0.15) is 9.97 Å². The highest BCUT2D eigenvalue weighted by atomic mass is 32.2. The van der Waals surface area contributed by atoms with Crippen molar-refractivity contribution in [3.05, 3.63) is 18.2 Å². The van der Waals surface area contributed by atoms with Gasteiger partial charge in [0, 0.05) is 6.07 Å². The summed E-state index contributed by atoms with van der Waals surface area (Å²) in [5.41, 5.74) is 6.42. The molecular formula is C12H14N4O2S. The number of hydrogen-bond donors (Lipinski definition) is 1. The van der Waals surface area contributed by atoms with Gasteiger partial charge < -0.3 is 15.2 Å². The number of anilines is 1. The van der Waals surface area contributed by atoms with E-state index < -0.39 is 0 Å². The number of nitrogen functional groups attached to an aromatic ring is 1. The molecule has 0 spiro atoms. The molecule has 2 aromatic rings. The third-order valence-corrected chi connectivity index (χ3v) is 3.01. The molecule has 100 valence electrons. The number of benzene rings is 1. The van der Waals surface area contributed by atoms with Crippen LogP contribution in [-0.2, 0) is 0 Å². The van der Waals surface area contributed by atoms with Gasteiger partial charge >= 0.3 is 0 Å². The number of nitrogens with zero attached hydrogens (tertiary/aromatic N) is 3. The quantitative estimate of drug-likeness (QED) is 0.854. The lowest BCUT2D eigenvalue weighted by Gasteiger charge is -2.10. The first-order valence-corrected chi connectivity index (χ1v) is 6.68. The maximum Gasteiger partial charge on any atom is 0.224 e. The van der Waals surface area contributed by atoms with Crippen LogP contribution >= 0.6 is 11.8 Å². The normalized spacial score (nSPS) is 10.3. The maximum absolute atomic E-state index is 5.68. The van der Waals surface area contributed by atoms with Crippen LogP contribution in [0, 0.1) is 0 Å². The molecule has 0 bridgehead atoms. The van der Waals surface area contributed by atoms with Crippen LogP contribution in [0.25, 0.3) is 11.4 Å². The van der Waals surface area contributed by atoms with Gasteiger partial charge in [-0.25, -0.2) is 4.98 Å². The lowest BCUT2D eigenvalue weighted by Crippen LogP contribution is -2.02. The number of aromatic nitrogens is 3. The molecule has 2 rings (SSSR count). The van der Waals surface area contributed by atoms with Gasteiger partial charge in [-0.3, -0.25) is 0 Å². The van der Waals surface area contributed by atoms with E-state index in [1.54, 1.807) is 20.3 Å². The molecule has 0 amide bonds. The van der Waals surface area contributed by atoms with E-state index >= 15 is 0 Å². The molecule has 0 aliphatic heterocycles. The second-order valence-corrected chi connectivity index (χ2v) is 4.34. The predicted octanol–water partition coefficient (Wildman–Crippen LogP) is 1.86. The Balaban J connectivity index is 2.54. The molecule has 0 unspecified atom stereocenters. The Morgan fingerprint density at radius 1 is 1.11 bits per heavy atom. The Bertz CT molecular complexity index is 592. The second-order valence-electron chi connectivity index (χ2n) is 3.57. The lowest BCUT2D eigenvalue weighted by atomic mass is 10.2. The second kappa shape index (κ2) is 5.75. The summed E-state index contributed by atoms with van der Waals surface area (Å²) in [6.07, 6.45) is 1.88. The molecule has 0 saturated heterocycles. The first kappa shape index (κ1) is 13.4. The summed E-state index contributed by atoms with van der Waals surface area (Å²) in [4.78, 5) is 12.5. The van der Waals surface area contributed by atoms with E-state index in [0.29, 0.717) is 22.5 Å². The van der Waals surface area contributed by atoms with Crippen LogP contribution in [0.2, 0.25) is 0 Å². The van der Waals surface area contributed by atoms with Crippen molar-refractivity contribution in [2.24, 2.45) is 0 Å². The van der Waals surface area contributed by atoms with E-state index in [9.17, 15) is 0 Å². The molecule has 0 aliphatic rings. The third-order valence-electron chi connectivity index (χ3n) is 2.46. The molecule has 0 aliphatic carbocycles. The average Bonchev–Trinajstić information content (AvgIpc) is 2.45. The Morgan fingerprint density at radius 3 is 2.53 bits per heavy atom. The van der Waals surface area contributed by atoms with Crippen molar-refractivity contribution in [1.29, 1.82) is 0 Å². The molecule has 6 nitrogen and oxygen atoms in total. The van der Waals surface area contributed by atoms with Crippen LogP contribution < -0.4 is 15.2 Å². The third kappa shape index (κ3) is 2.87. The number of nitrogens with two attached hydrogens (primary N) is 1. The fraction of sp³-hybridized carbons (Fsp3) is 0.250. The monoisotopic (exact) mass is 278 g/mol. The van der Waals surface area contributed by atoms with Crippen molar-refractivity contribution in [3.63, 3.8) is 0 Å². The van der Waals surface area contributed by atoms with Gasteiger partial charge in [0.25, 0.3) is 0 Å². The topological polar surface area (TPSA) is 83.2 Å². The fourth-order valence-corrected chi connectivity index (χ4v) is 1.93. The first-order valence-electron chi connectivity index (χ1n) is 5.46. The van der Waals surface area contributed by atoms with Gasteiger partial charge in [0.05, 0.1) is 19.8 Å². The SMILES string of the molecule is COc1ccc(-c2nc(N)nc(SC)n2)c(OC)c1. The van der Waals surface area contributed by atoms with Gasteiger partial charge in [-0.05, 0) is 18.4 Å². The molecule has 0 saturated carbocycles. The van der Waals surface area contributed by atoms with Gasteiger partial charge in [0.2, 0.25) is 5.95 Å². The van der Waals surface area contributed by atoms with E-state index in [4.69, 9.17) is 15.2 Å². The van der Waals surface area contributed by atoms with Crippen molar-refractivity contribution in [1.82, 2.24) is 15.0 Å². The minimum atomic E-state index is 0.187. The van der Waals surface area contributed by atoms with Gasteiger partial charge in [0.15, 0.2) is 11.0 Å². The van der Waals surface area contributed by atoms with Crippen LogP contribution in [0.5, 0.6) is 11.5 Å². The summed E-state index contributed by atoms with van der Waals surface area (Å²) in [6.45, 7) is 0. The number of methoxy groups -OCH3 is 2. The van der Waals surface area contributed by atoms with Crippen LogP contribution in [0.4, 0.5) is 5.95 Å². The number of rotatable bonds is 4. The van der Waals surface area contributed by atoms with E-state index in [0.717, 1.165) is 5.56 Å². The highest BCUT2D eigenvalue weighted by Crippen LogP contribution is 2.31. The van der Waals surface area contributed by atoms with Crippen LogP contribution in [0.15, 0.2) is 23.4 Å². The largest absolute Gasteiger partial charge is 0.497 e. The number of hydrogen-bond acceptors (Lipinski definition) is 7. The van der Waals surface area contributed by atoms with E-state index in [-0.39, 0.29) is 5.95 Å². The van der Waals surface area contributed by atoms with Crippen LogP contribution in [0.1, 0.15) is 0 Å². The summed E-state index contributed by atoms with van der Waals surface area (Å²) < 4.78 is 10.5. The zero-order chi connectivity index (χ0) is 13.8. The van der Waals surface area contributed by atoms with E-state index in [1.807, 2.05) is 18.4 Å². The zero-order valence-electron chi connectivity index (χ0n) is 10.9. The molecule has 0 radical (unpaired) electrons. The number of thioether (sulfide) groups is 1. The smallest absolute Gasteiger partial charge is 0.224 e. The molecular weight excluding hydrogens is 264 g/mol. The minimum Gasteiger partial charge on any atom is -0.497 e. The Morgan fingerprint density at radius 2 is 1.89 bits per heavy atom. The molecule has 0 fully saturated rings. The predicted molar refractivity (Wildman–Crippen MR) is 74.6 cm³/mol. The van der Waals surface area contributed by atoms with Crippen molar-refractivity contribution >= 4 is 17.7 Å². The average molecular weight is 278 g/mol. The minimum absolute atomic E-state index is 0.187. The summed E-state index contributed by atoms with van der Waals surface area (Å²) in [5.74, 6) is 1.99. The molecule has 19 heavy (non-hydrogen) atoms. The standard InChI is InChI=1S/C12H14N4O2S/c1-17-7-4-5-8(9(6-7)18-2)10-14-11(13)16-12(15-10)19-3/h4-6H,1-3H3,(H2,13,14,15,16). The van der Waals surface area contributed by atoms with Gasteiger partial charge in [0.1, 0.15) is 11.5 Å².